The number of halogens is 3. The van der Waals surface area contributed by atoms with E-state index in [1.165, 1.54) is 24.3 Å². The van der Waals surface area contributed by atoms with Crippen LogP contribution in [0.5, 0.6) is 0 Å². The molecule has 2 aromatic rings. The van der Waals surface area contributed by atoms with Crippen molar-refractivity contribution in [3.8, 4) is 0 Å². The fourth-order valence-corrected chi connectivity index (χ4v) is 5.73. The molecule has 0 aromatic heterocycles. The molecule has 0 saturated heterocycles. The molecular weight excluding hydrogens is 370 g/mol. The second-order valence-corrected chi connectivity index (χ2v) is 9.00. The van der Waals surface area contributed by atoms with Crippen LogP contribution in [0.3, 0.4) is 0 Å². The molecule has 7 heteroatoms. The van der Waals surface area contributed by atoms with Gasteiger partial charge in [0.25, 0.3) is 0 Å². The molecule has 1 aliphatic carbocycles. The van der Waals surface area contributed by atoms with E-state index < -0.39 is 32.3 Å². The first kappa shape index (κ1) is 18.3. The summed E-state index contributed by atoms with van der Waals surface area (Å²) in [6, 6.07) is 8.46. The molecule has 134 valence electrons. The van der Waals surface area contributed by atoms with Crippen molar-refractivity contribution in [3.05, 3.63) is 64.7 Å². The molecule has 0 bridgehead atoms. The molecule has 0 amide bonds. The largest absolute Gasteiger partial charge is 0.393 e. The zero-order valence-corrected chi connectivity index (χ0v) is 14.8. The van der Waals surface area contributed by atoms with Crippen molar-refractivity contribution in [1.82, 2.24) is 0 Å². The smallest absolute Gasteiger partial charge is 0.188 e. The van der Waals surface area contributed by atoms with Crippen LogP contribution in [0.4, 0.5) is 8.78 Å². The lowest BCUT2D eigenvalue weighted by atomic mass is 9.81. The van der Waals surface area contributed by atoms with E-state index in [1.807, 2.05) is 0 Å². The van der Waals surface area contributed by atoms with Crippen LogP contribution in [-0.2, 0) is 14.6 Å². The van der Waals surface area contributed by atoms with Crippen molar-refractivity contribution in [2.75, 3.05) is 0 Å². The maximum Gasteiger partial charge on any atom is 0.188 e. The molecule has 0 radical (unpaired) electrons. The number of hydrogen-bond donors (Lipinski definition) is 1. The summed E-state index contributed by atoms with van der Waals surface area (Å²) in [5, 5.41) is 10.2. The molecule has 1 saturated carbocycles. The van der Waals surface area contributed by atoms with Crippen LogP contribution in [0.2, 0.25) is 5.02 Å². The maximum atomic E-state index is 14.5. The van der Waals surface area contributed by atoms with E-state index in [0.29, 0.717) is 5.02 Å². The van der Waals surface area contributed by atoms with Gasteiger partial charge in [0, 0.05) is 10.6 Å². The van der Waals surface area contributed by atoms with Crippen LogP contribution in [0.1, 0.15) is 31.2 Å². The van der Waals surface area contributed by atoms with Gasteiger partial charge in [-0.1, -0.05) is 11.6 Å². The second-order valence-electron chi connectivity index (χ2n) is 6.31. The van der Waals surface area contributed by atoms with E-state index in [4.69, 9.17) is 11.6 Å². The molecule has 0 atom stereocenters. The summed E-state index contributed by atoms with van der Waals surface area (Å²) in [5.74, 6) is -1.47. The minimum Gasteiger partial charge on any atom is -0.393 e. The Morgan fingerprint density at radius 2 is 1.64 bits per heavy atom. The zero-order chi connectivity index (χ0) is 18.2. The Morgan fingerprint density at radius 3 is 2.24 bits per heavy atom. The zero-order valence-electron chi connectivity index (χ0n) is 13.3. The predicted octanol–water partition coefficient (Wildman–Crippen LogP) is 4.22. The Kier molecular flexibility index (Phi) is 4.88. The molecule has 3 rings (SSSR count). The SMILES string of the molecule is O=S(=O)(c1ccc(Cl)cc1)[C@]1(c2cc(F)ccc2F)CC[C@@H](O)CC1. The first-order chi connectivity index (χ1) is 11.8. The third-order valence-electron chi connectivity index (χ3n) is 4.82. The summed E-state index contributed by atoms with van der Waals surface area (Å²) >= 11 is 5.83. The molecule has 2 aromatic carbocycles. The van der Waals surface area contributed by atoms with Crippen molar-refractivity contribution in [3.63, 3.8) is 0 Å². The van der Waals surface area contributed by atoms with Crippen molar-refractivity contribution in [2.45, 2.75) is 41.4 Å². The Balaban J connectivity index is 2.21. The minimum atomic E-state index is -4.03. The summed E-state index contributed by atoms with van der Waals surface area (Å²) < 4.78 is 53.4. The lowest BCUT2D eigenvalue weighted by Gasteiger charge is -2.39. The van der Waals surface area contributed by atoms with Gasteiger partial charge in [0.15, 0.2) is 9.84 Å². The summed E-state index contributed by atoms with van der Waals surface area (Å²) in [5.41, 5.74) is -0.186. The second kappa shape index (κ2) is 6.67. The van der Waals surface area contributed by atoms with E-state index in [-0.39, 0.29) is 36.1 Å². The van der Waals surface area contributed by atoms with Gasteiger partial charge in [0.05, 0.1) is 11.0 Å². The molecule has 25 heavy (non-hydrogen) atoms. The quantitative estimate of drug-likeness (QED) is 0.859. The third kappa shape index (κ3) is 3.18. The van der Waals surface area contributed by atoms with Crippen molar-refractivity contribution in [1.29, 1.82) is 0 Å². The first-order valence-corrected chi connectivity index (χ1v) is 9.76. The molecule has 0 unspecified atom stereocenters. The minimum absolute atomic E-state index is 0.00282. The summed E-state index contributed by atoms with van der Waals surface area (Å²) in [6.45, 7) is 0. The molecular formula is C18H17ClF2O3S. The van der Waals surface area contributed by atoms with Gasteiger partial charge >= 0.3 is 0 Å². The van der Waals surface area contributed by atoms with Crippen LogP contribution in [0, 0.1) is 11.6 Å². The maximum absolute atomic E-state index is 14.5. The first-order valence-electron chi connectivity index (χ1n) is 7.90. The highest BCUT2D eigenvalue weighted by Crippen LogP contribution is 2.48. The monoisotopic (exact) mass is 386 g/mol. The molecule has 3 nitrogen and oxygen atoms in total. The van der Waals surface area contributed by atoms with E-state index in [1.54, 1.807) is 0 Å². The highest BCUT2D eigenvalue weighted by Gasteiger charge is 2.49. The standard InChI is InChI=1S/C18H17ClF2O3S/c19-12-1-4-15(5-2-12)25(23,24)18(9-7-14(22)8-10-18)16-11-13(20)3-6-17(16)21/h1-6,11,14,22H,7-10H2/t14-,18-. The molecule has 0 aliphatic heterocycles. The van der Waals surface area contributed by atoms with Gasteiger partial charge in [-0.2, -0.15) is 0 Å². The highest BCUT2D eigenvalue weighted by molar-refractivity contribution is 7.92. The number of hydrogen-bond acceptors (Lipinski definition) is 3. The number of aliphatic hydroxyl groups is 1. The molecule has 1 aliphatic rings. The summed E-state index contributed by atoms with van der Waals surface area (Å²) in [4.78, 5) is -0.00282. The molecule has 1 fully saturated rings. The Morgan fingerprint density at radius 1 is 1.04 bits per heavy atom. The van der Waals surface area contributed by atoms with Crippen molar-refractivity contribution >= 4 is 21.4 Å². The average Bonchev–Trinajstić information content (AvgIpc) is 2.58. The van der Waals surface area contributed by atoms with Crippen LogP contribution in [-0.4, -0.2) is 19.6 Å². The Bertz CT molecular complexity index is 874. The van der Waals surface area contributed by atoms with Crippen LogP contribution < -0.4 is 0 Å². The van der Waals surface area contributed by atoms with Gasteiger partial charge in [0.2, 0.25) is 0 Å². The number of aliphatic hydroxyl groups excluding tert-OH is 1. The van der Waals surface area contributed by atoms with Crippen molar-refractivity contribution < 1.29 is 22.3 Å². The van der Waals surface area contributed by atoms with E-state index in [0.717, 1.165) is 18.2 Å². The Labute approximate surface area is 150 Å². The molecule has 1 N–H and O–H groups in total. The van der Waals surface area contributed by atoms with Gasteiger partial charge in [-0.05, 0) is 68.1 Å². The topological polar surface area (TPSA) is 54.4 Å². The third-order valence-corrected chi connectivity index (χ3v) is 7.62. The van der Waals surface area contributed by atoms with Crippen LogP contribution in [0.15, 0.2) is 47.4 Å². The van der Waals surface area contributed by atoms with Gasteiger partial charge in [-0.3, -0.25) is 0 Å². The van der Waals surface area contributed by atoms with Gasteiger partial charge in [0.1, 0.15) is 16.4 Å². The fourth-order valence-electron chi connectivity index (χ4n) is 3.44. The number of sulfone groups is 1. The Hall–Kier alpha value is -1.50. The van der Waals surface area contributed by atoms with Gasteiger partial charge < -0.3 is 5.11 Å². The lowest BCUT2D eigenvalue weighted by molar-refractivity contribution is 0.113. The summed E-state index contributed by atoms with van der Waals surface area (Å²) in [7, 11) is -4.03. The van der Waals surface area contributed by atoms with E-state index in [2.05, 4.69) is 0 Å². The predicted molar refractivity (Wildman–Crippen MR) is 91.1 cm³/mol. The van der Waals surface area contributed by atoms with Crippen molar-refractivity contribution in [2.24, 2.45) is 0 Å². The van der Waals surface area contributed by atoms with E-state index in [9.17, 15) is 22.3 Å². The number of rotatable bonds is 3. The molecule has 0 heterocycles. The molecule has 0 spiro atoms. The van der Waals surface area contributed by atoms with Crippen LogP contribution in [0.25, 0.3) is 0 Å². The fraction of sp³-hybridized carbons (Fsp3) is 0.333. The number of benzene rings is 2. The van der Waals surface area contributed by atoms with Crippen LogP contribution >= 0.6 is 11.6 Å². The highest BCUT2D eigenvalue weighted by atomic mass is 35.5. The normalized spacial score (nSPS) is 24.2. The van der Waals surface area contributed by atoms with Gasteiger partial charge in [-0.25, -0.2) is 17.2 Å². The van der Waals surface area contributed by atoms with Gasteiger partial charge in [-0.15, -0.1) is 0 Å². The van der Waals surface area contributed by atoms with E-state index >= 15 is 0 Å². The average molecular weight is 387 g/mol. The lowest BCUT2D eigenvalue weighted by Crippen LogP contribution is -2.41. The summed E-state index contributed by atoms with van der Waals surface area (Å²) in [6.07, 6.45) is -0.227.